The second-order valence-corrected chi connectivity index (χ2v) is 8.73. The Bertz CT molecular complexity index is 1170. The Morgan fingerprint density at radius 2 is 1.94 bits per heavy atom. The second kappa shape index (κ2) is 8.97. The monoisotopic (exact) mass is 425 g/mol. The number of amides is 1. The molecule has 1 saturated carbocycles. The van der Waals surface area contributed by atoms with Gasteiger partial charge < -0.3 is 10.2 Å². The number of carbonyl (C=O) groups excluding carboxylic acids is 1. The summed E-state index contributed by atoms with van der Waals surface area (Å²) in [5.74, 6) is 4.43. The summed E-state index contributed by atoms with van der Waals surface area (Å²) >= 11 is 0. The zero-order chi connectivity index (χ0) is 21.9. The van der Waals surface area contributed by atoms with Crippen LogP contribution >= 0.6 is 0 Å². The molecule has 1 amide bonds. The van der Waals surface area contributed by atoms with E-state index in [-0.39, 0.29) is 5.91 Å². The van der Waals surface area contributed by atoms with E-state index in [1.165, 1.54) is 19.4 Å². The number of terminal acetylenes is 1. The first-order valence-electron chi connectivity index (χ1n) is 11.3. The van der Waals surface area contributed by atoms with Crippen molar-refractivity contribution >= 4 is 28.3 Å². The smallest absolute Gasteiger partial charge is 0.227 e. The maximum Gasteiger partial charge on any atom is 0.227 e. The number of carbonyl (C=O) groups is 1. The molecular weight excluding hydrogens is 398 g/mol. The minimum atomic E-state index is 0.184. The summed E-state index contributed by atoms with van der Waals surface area (Å²) in [6.45, 7) is 4.81. The van der Waals surface area contributed by atoms with Gasteiger partial charge in [-0.2, -0.15) is 0 Å². The van der Waals surface area contributed by atoms with E-state index in [1.54, 1.807) is 6.33 Å². The maximum atomic E-state index is 12.9. The van der Waals surface area contributed by atoms with Crippen molar-refractivity contribution in [1.29, 1.82) is 0 Å². The number of aromatic nitrogens is 2. The van der Waals surface area contributed by atoms with Gasteiger partial charge in [-0.05, 0) is 54.7 Å². The Morgan fingerprint density at radius 1 is 1.09 bits per heavy atom. The van der Waals surface area contributed by atoms with Gasteiger partial charge in [0.25, 0.3) is 0 Å². The van der Waals surface area contributed by atoms with Crippen molar-refractivity contribution < 1.29 is 4.79 Å². The van der Waals surface area contributed by atoms with Gasteiger partial charge in [-0.25, -0.2) is 9.97 Å². The predicted octanol–water partition coefficient (Wildman–Crippen LogP) is 3.45. The lowest BCUT2D eigenvalue weighted by atomic mass is 10.1. The molecule has 1 aromatic heterocycles. The molecule has 2 fully saturated rings. The highest BCUT2D eigenvalue weighted by molar-refractivity contribution is 5.92. The summed E-state index contributed by atoms with van der Waals surface area (Å²) in [7, 11) is 0. The van der Waals surface area contributed by atoms with Gasteiger partial charge >= 0.3 is 0 Å². The summed E-state index contributed by atoms with van der Waals surface area (Å²) in [5.41, 5.74) is 3.47. The second-order valence-electron chi connectivity index (χ2n) is 8.73. The molecule has 0 atom stereocenters. The lowest BCUT2D eigenvalue weighted by molar-refractivity contribution is -0.132. The third-order valence-electron chi connectivity index (χ3n) is 6.29. The quantitative estimate of drug-likeness (QED) is 0.613. The molecule has 0 bridgehead atoms. The molecule has 1 aliphatic carbocycles. The molecule has 32 heavy (non-hydrogen) atoms. The van der Waals surface area contributed by atoms with Gasteiger partial charge in [0.15, 0.2) is 0 Å². The van der Waals surface area contributed by atoms with Crippen LogP contribution in [0.4, 0.5) is 11.5 Å². The minimum Gasteiger partial charge on any atom is -0.340 e. The van der Waals surface area contributed by atoms with Gasteiger partial charge in [0.2, 0.25) is 5.91 Å². The molecule has 5 rings (SSSR count). The molecule has 162 valence electrons. The molecule has 6 heteroatoms. The Balaban J connectivity index is 1.29. The zero-order valence-electron chi connectivity index (χ0n) is 18.1. The average molecular weight is 426 g/mol. The highest BCUT2D eigenvalue weighted by Crippen LogP contribution is 2.30. The molecule has 0 unspecified atom stereocenters. The number of hydrogen-bond donors (Lipinski definition) is 1. The minimum absolute atomic E-state index is 0.184. The van der Waals surface area contributed by atoms with Gasteiger partial charge in [-0.3, -0.25) is 9.69 Å². The van der Waals surface area contributed by atoms with Crippen LogP contribution in [-0.4, -0.2) is 58.4 Å². The molecule has 2 aromatic carbocycles. The molecule has 1 N–H and O–H groups in total. The van der Waals surface area contributed by atoms with Crippen LogP contribution in [0.3, 0.4) is 0 Å². The highest BCUT2D eigenvalue weighted by atomic mass is 16.2. The van der Waals surface area contributed by atoms with E-state index >= 15 is 0 Å². The fourth-order valence-corrected chi connectivity index (χ4v) is 4.27. The number of anilines is 2. The highest BCUT2D eigenvalue weighted by Gasteiger charge is 2.27. The molecule has 6 nitrogen and oxygen atoms in total. The van der Waals surface area contributed by atoms with Gasteiger partial charge in [0.1, 0.15) is 12.1 Å². The van der Waals surface area contributed by atoms with Crippen molar-refractivity contribution in [2.24, 2.45) is 5.92 Å². The first-order chi connectivity index (χ1) is 15.7. The summed E-state index contributed by atoms with van der Waals surface area (Å²) in [6, 6.07) is 13.6. The standard InChI is InChI=1S/C26H27N5O/c1-2-19-4-3-5-22(14-19)29-26-23-15-21(8-9-24(23)27-18-28-26)16-25(32)31-12-10-30(11-13-31)17-20-6-7-20/h1,3-5,8-9,14-15,18,20H,6-7,10-13,16-17H2,(H,27,28,29). The van der Waals surface area contributed by atoms with Crippen LogP contribution in [0, 0.1) is 18.3 Å². The lowest BCUT2D eigenvalue weighted by Gasteiger charge is -2.34. The van der Waals surface area contributed by atoms with Crippen molar-refractivity contribution in [3.63, 3.8) is 0 Å². The summed E-state index contributed by atoms with van der Waals surface area (Å²) in [6.07, 6.45) is 10.2. The normalized spacial score (nSPS) is 16.7. The molecule has 0 radical (unpaired) electrons. The van der Waals surface area contributed by atoms with E-state index in [0.29, 0.717) is 12.2 Å². The first kappa shape index (κ1) is 20.5. The molecule has 1 saturated heterocycles. The third kappa shape index (κ3) is 4.74. The fourth-order valence-electron chi connectivity index (χ4n) is 4.27. The van der Waals surface area contributed by atoms with Crippen molar-refractivity contribution in [2.75, 3.05) is 38.0 Å². The van der Waals surface area contributed by atoms with Gasteiger partial charge in [0, 0.05) is 49.4 Å². The van der Waals surface area contributed by atoms with Crippen molar-refractivity contribution in [1.82, 2.24) is 19.8 Å². The van der Waals surface area contributed by atoms with Crippen LogP contribution < -0.4 is 5.32 Å². The molecule has 3 aromatic rings. The lowest BCUT2D eigenvalue weighted by Crippen LogP contribution is -2.49. The van der Waals surface area contributed by atoms with E-state index in [0.717, 1.165) is 59.8 Å². The maximum absolute atomic E-state index is 12.9. The van der Waals surface area contributed by atoms with E-state index in [4.69, 9.17) is 6.42 Å². The summed E-state index contributed by atoms with van der Waals surface area (Å²) in [4.78, 5) is 26.2. The summed E-state index contributed by atoms with van der Waals surface area (Å²) < 4.78 is 0. The Morgan fingerprint density at radius 3 is 2.72 bits per heavy atom. The molecule has 0 spiro atoms. The Labute approximate surface area is 188 Å². The van der Waals surface area contributed by atoms with Crippen LogP contribution in [0.1, 0.15) is 24.0 Å². The van der Waals surface area contributed by atoms with Crippen molar-refractivity contribution in [3.8, 4) is 12.3 Å². The van der Waals surface area contributed by atoms with Gasteiger partial charge in [-0.15, -0.1) is 6.42 Å². The predicted molar refractivity (Wildman–Crippen MR) is 127 cm³/mol. The molecule has 2 heterocycles. The van der Waals surface area contributed by atoms with Crippen LogP contribution in [0.2, 0.25) is 0 Å². The van der Waals surface area contributed by atoms with E-state index in [9.17, 15) is 4.79 Å². The number of benzene rings is 2. The van der Waals surface area contributed by atoms with Crippen LogP contribution in [-0.2, 0) is 11.2 Å². The van der Waals surface area contributed by atoms with Crippen molar-refractivity contribution in [2.45, 2.75) is 19.3 Å². The molecular formula is C26H27N5O. The number of nitrogens with one attached hydrogen (secondary N) is 1. The first-order valence-corrected chi connectivity index (χ1v) is 11.3. The van der Waals surface area contributed by atoms with Crippen LogP contribution in [0.5, 0.6) is 0 Å². The van der Waals surface area contributed by atoms with Gasteiger partial charge in [-0.1, -0.05) is 18.1 Å². The van der Waals surface area contributed by atoms with E-state index < -0.39 is 0 Å². The Hall–Kier alpha value is -3.43. The number of piperazine rings is 1. The largest absolute Gasteiger partial charge is 0.340 e. The number of hydrogen-bond acceptors (Lipinski definition) is 5. The summed E-state index contributed by atoms with van der Waals surface area (Å²) in [5, 5.41) is 4.23. The molecule has 1 aliphatic heterocycles. The van der Waals surface area contributed by atoms with E-state index in [2.05, 4.69) is 26.1 Å². The average Bonchev–Trinajstić information content (AvgIpc) is 3.64. The SMILES string of the molecule is C#Cc1cccc(Nc2ncnc3ccc(CC(=O)N4CCN(CC5CC5)CC4)cc23)c1. The fraction of sp³-hybridized carbons (Fsp3) is 0.346. The van der Waals surface area contributed by atoms with Crippen LogP contribution in [0.25, 0.3) is 10.9 Å². The Kier molecular flexibility index (Phi) is 5.74. The molecule has 2 aliphatic rings. The zero-order valence-corrected chi connectivity index (χ0v) is 18.1. The number of fused-ring (bicyclic) bond motifs is 1. The van der Waals surface area contributed by atoms with E-state index in [1.807, 2.05) is 47.4 Å². The van der Waals surface area contributed by atoms with Gasteiger partial charge in [0.05, 0.1) is 11.9 Å². The topological polar surface area (TPSA) is 61.4 Å². The van der Waals surface area contributed by atoms with Crippen LogP contribution in [0.15, 0.2) is 48.8 Å². The number of nitrogens with zero attached hydrogens (tertiary/aromatic N) is 4. The number of rotatable bonds is 6. The third-order valence-corrected chi connectivity index (χ3v) is 6.29. The van der Waals surface area contributed by atoms with Crippen molar-refractivity contribution in [3.05, 3.63) is 59.9 Å².